The van der Waals surface area contributed by atoms with Gasteiger partial charge in [0.25, 0.3) is 5.91 Å². The van der Waals surface area contributed by atoms with Crippen LogP contribution in [0.15, 0.2) is 24.3 Å². The van der Waals surface area contributed by atoms with Crippen LogP contribution in [0.4, 0.5) is 0 Å². The van der Waals surface area contributed by atoms with Crippen LogP contribution in [0, 0.1) is 0 Å². The Hall–Kier alpha value is -1.88. The van der Waals surface area contributed by atoms with Crippen LogP contribution in [0.2, 0.25) is 0 Å². The zero-order valence-corrected chi connectivity index (χ0v) is 7.36. The number of hydrazine groups is 1. The number of hydrogen-bond donors (Lipinski definition) is 3. The van der Waals surface area contributed by atoms with Crippen molar-refractivity contribution in [2.75, 3.05) is 0 Å². The van der Waals surface area contributed by atoms with Gasteiger partial charge < -0.3 is 5.11 Å². The van der Waals surface area contributed by atoms with E-state index in [0.29, 0.717) is 11.1 Å². The molecule has 14 heavy (non-hydrogen) atoms. The summed E-state index contributed by atoms with van der Waals surface area (Å²) in [6.45, 7) is 0. The second kappa shape index (κ2) is 4.38. The molecule has 1 amide bonds. The monoisotopic (exact) mass is 194 g/mol. The number of rotatable bonds is 3. The lowest BCUT2D eigenvalue weighted by molar-refractivity contribution is -0.136. The zero-order valence-electron chi connectivity index (χ0n) is 7.36. The van der Waals surface area contributed by atoms with E-state index in [1.54, 1.807) is 18.2 Å². The van der Waals surface area contributed by atoms with Gasteiger partial charge >= 0.3 is 5.97 Å². The molecular formula is C9H10N2O3. The third-order valence-electron chi connectivity index (χ3n) is 1.68. The van der Waals surface area contributed by atoms with Crippen LogP contribution in [0.1, 0.15) is 15.9 Å². The lowest BCUT2D eigenvalue weighted by Crippen LogP contribution is -2.30. The highest BCUT2D eigenvalue weighted by Crippen LogP contribution is 2.05. The number of carboxylic acid groups (broad SMARTS) is 1. The topological polar surface area (TPSA) is 92.4 Å². The predicted octanol–water partition coefficient (Wildman–Crippen LogP) is -0.0828. The van der Waals surface area contributed by atoms with Crippen LogP contribution in [-0.2, 0) is 11.2 Å². The Morgan fingerprint density at radius 1 is 1.43 bits per heavy atom. The van der Waals surface area contributed by atoms with Gasteiger partial charge in [-0.2, -0.15) is 0 Å². The van der Waals surface area contributed by atoms with Gasteiger partial charge in [-0.05, 0) is 17.7 Å². The Morgan fingerprint density at radius 3 is 2.71 bits per heavy atom. The largest absolute Gasteiger partial charge is 0.481 e. The Kier molecular flexibility index (Phi) is 3.19. The molecule has 1 aromatic rings. The molecule has 5 nitrogen and oxygen atoms in total. The number of carbonyl (C=O) groups excluding carboxylic acids is 1. The highest BCUT2D eigenvalue weighted by Gasteiger charge is 2.05. The van der Waals surface area contributed by atoms with Crippen LogP contribution in [0.25, 0.3) is 0 Å². The van der Waals surface area contributed by atoms with E-state index < -0.39 is 11.9 Å². The third kappa shape index (κ3) is 2.56. The molecule has 0 aliphatic carbocycles. The Bertz CT molecular complexity index is 363. The van der Waals surface area contributed by atoms with E-state index in [1.807, 2.05) is 5.43 Å². The molecule has 0 unspecified atom stereocenters. The maximum absolute atomic E-state index is 11.1. The van der Waals surface area contributed by atoms with Gasteiger partial charge in [0, 0.05) is 5.56 Å². The van der Waals surface area contributed by atoms with Gasteiger partial charge in [0.2, 0.25) is 0 Å². The average molecular weight is 194 g/mol. The fraction of sp³-hybridized carbons (Fsp3) is 0.111. The summed E-state index contributed by atoms with van der Waals surface area (Å²) in [4.78, 5) is 21.5. The van der Waals surface area contributed by atoms with Crippen molar-refractivity contribution in [3.8, 4) is 0 Å². The van der Waals surface area contributed by atoms with E-state index in [0.717, 1.165) is 0 Å². The van der Waals surface area contributed by atoms with E-state index in [4.69, 9.17) is 10.9 Å². The Morgan fingerprint density at radius 2 is 2.14 bits per heavy atom. The van der Waals surface area contributed by atoms with E-state index in [-0.39, 0.29) is 6.42 Å². The molecule has 0 saturated heterocycles. The summed E-state index contributed by atoms with van der Waals surface area (Å²) < 4.78 is 0. The second-order valence-electron chi connectivity index (χ2n) is 2.74. The van der Waals surface area contributed by atoms with Crippen molar-refractivity contribution < 1.29 is 14.7 Å². The van der Waals surface area contributed by atoms with Crippen molar-refractivity contribution in [3.63, 3.8) is 0 Å². The summed E-state index contributed by atoms with van der Waals surface area (Å²) in [6.07, 6.45) is -0.105. The summed E-state index contributed by atoms with van der Waals surface area (Å²) in [5.41, 5.74) is 2.90. The summed E-state index contributed by atoms with van der Waals surface area (Å²) in [5, 5.41) is 8.53. The smallest absolute Gasteiger partial charge is 0.307 e. The first-order valence-electron chi connectivity index (χ1n) is 3.95. The van der Waals surface area contributed by atoms with Gasteiger partial charge in [-0.3, -0.25) is 15.0 Å². The van der Waals surface area contributed by atoms with Crippen LogP contribution >= 0.6 is 0 Å². The highest BCUT2D eigenvalue weighted by atomic mass is 16.4. The quantitative estimate of drug-likeness (QED) is 0.356. The van der Waals surface area contributed by atoms with Crippen molar-refractivity contribution in [2.24, 2.45) is 5.84 Å². The van der Waals surface area contributed by atoms with Gasteiger partial charge in [-0.15, -0.1) is 0 Å². The van der Waals surface area contributed by atoms with Crippen LogP contribution in [0.3, 0.4) is 0 Å². The zero-order chi connectivity index (χ0) is 10.6. The summed E-state index contributed by atoms with van der Waals surface area (Å²) >= 11 is 0. The molecule has 0 bridgehead atoms. The SMILES string of the molecule is NNC(=O)c1cccc(CC(=O)O)c1. The summed E-state index contributed by atoms with van der Waals surface area (Å²) in [5.74, 6) is 3.57. The molecule has 0 heterocycles. The Labute approximate surface area is 80.5 Å². The lowest BCUT2D eigenvalue weighted by Gasteiger charge is -2.01. The van der Waals surface area contributed by atoms with Crippen molar-refractivity contribution >= 4 is 11.9 Å². The molecule has 1 rings (SSSR count). The molecular weight excluding hydrogens is 184 g/mol. The average Bonchev–Trinajstić information content (AvgIpc) is 2.16. The molecule has 4 N–H and O–H groups in total. The van der Waals surface area contributed by atoms with Crippen LogP contribution in [0.5, 0.6) is 0 Å². The standard InChI is InChI=1S/C9H10N2O3/c10-11-9(14)7-3-1-2-6(4-7)5-8(12)13/h1-4H,5,10H2,(H,11,14)(H,12,13). The van der Waals surface area contributed by atoms with Crippen molar-refractivity contribution in [1.82, 2.24) is 5.43 Å². The molecule has 0 aliphatic heterocycles. The minimum Gasteiger partial charge on any atom is -0.481 e. The molecule has 1 aromatic carbocycles. The number of amides is 1. The molecule has 0 aliphatic rings. The molecule has 0 saturated carbocycles. The fourth-order valence-electron chi connectivity index (χ4n) is 1.08. The van der Waals surface area contributed by atoms with Gasteiger partial charge in [0.15, 0.2) is 0 Å². The number of benzene rings is 1. The van der Waals surface area contributed by atoms with Gasteiger partial charge in [0.1, 0.15) is 0 Å². The number of nitrogens with two attached hydrogens (primary N) is 1. The second-order valence-corrected chi connectivity index (χ2v) is 2.74. The number of aliphatic carboxylic acids is 1. The summed E-state index contributed by atoms with van der Waals surface area (Å²) in [7, 11) is 0. The molecule has 0 radical (unpaired) electrons. The fourth-order valence-corrected chi connectivity index (χ4v) is 1.08. The third-order valence-corrected chi connectivity index (χ3v) is 1.68. The number of nitrogens with one attached hydrogen (secondary N) is 1. The van der Waals surface area contributed by atoms with Crippen molar-refractivity contribution in [2.45, 2.75) is 6.42 Å². The number of hydrogen-bond acceptors (Lipinski definition) is 3. The van der Waals surface area contributed by atoms with Gasteiger partial charge in [-0.25, -0.2) is 5.84 Å². The lowest BCUT2D eigenvalue weighted by atomic mass is 10.1. The van der Waals surface area contributed by atoms with E-state index >= 15 is 0 Å². The van der Waals surface area contributed by atoms with E-state index in [1.165, 1.54) is 6.07 Å². The van der Waals surface area contributed by atoms with Crippen LogP contribution in [-0.4, -0.2) is 17.0 Å². The number of nitrogen functional groups attached to an aromatic ring is 1. The van der Waals surface area contributed by atoms with Crippen LogP contribution < -0.4 is 11.3 Å². The minimum atomic E-state index is -0.935. The van der Waals surface area contributed by atoms with E-state index in [9.17, 15) is 9.59 Å². The first-order chi connectivity index (χ1) is 6.63. The molecule has 0 aromatic heterocycles. The maximum Gasteiger partial charge on any atom is 0.307 e. The van der Waals surface area contributed by atoms with Gasteiger partial charge in [-0.1, -0.05) is 12.1 Å². The molecule has 74 valence electrons. The molecule has 5 heteroatoms. The van der Waals surface area contributed by atoms with E-state index in [2.05, 4.69) is 0 Å². The molecule has 0 fully saturated rings. The first-order valence-corrected chi connectivity index (χ1v) is 3.95. The van der Waals surface area contributed by atoms with Gasteiger partial charge in [0.05, 0.1) is 6.42 Å². The highest BCUT2D eigenvalue weighted by molar-refractivity contribution is 5.94. The number of carboxylic acids is 1. The molecule has 0 spiro atoms. The molecule has 0 atom stereocenters. The number of carbonyl (C=O) groups is 2. The maximum atomic E-state index is 11.1. The normalized spacial score (nSPS) is 9.50. The Balaban J connectivity index is 2.89. The predicted molar refractivity (Wildman–Crippen MR) is 49.4 cm³/mol. The minimum absolute atomic E-state index is 0.105. The first kappa shape index (κ1) is 10.2. The summed E-state index contributed by atoms with van der Waals surface area (Å²) in [6, 6.07) is 6.31. The van der Waals surface area contributed by atoms with Crippen molar-refractivity contribution in [3.05, 3.63) is 35.4 Å². The van der Waals surface area contributed by atoms with Crippen molar-refractivity contribution in [1.29, 1.82) is 0 Å².